The molecule has 0 radical (unpaired) electrons. The Morgan fingerprint density at radius 1 is 1.27 bits per heavy atom. The average molecular weight is 208 g/mol. The van der Waals surface area contributed by atoms with Gasteiger partial charge in [0.25, 0.3) is 0 Å². The first-order valence-corrected chi connectivity index (χ1v) is 4.50. The molecule has 0 aliphatic heterocycles. The van der Waals surface area contributed by atoms with E-state index in [1.165, 1.54) is 6.92 Å². The number of hydrogen-bond donors (Lipinski definition) is 2. The Balaban J connectivity index is 2.80. The number of carbonyl (C=O) groups excluding carboxylic acids is 1. The van der Waals surface area contributed by atoms with E-state index >= 15 is 0 Å². The highest BCUT2D eigenvalue weighted by Gasteiger charge is 2.12. The van der Waals surface area contributed by atoms with Crippen molar-refractivity contribution in [1.29, 1.82) is 0 Å². The molecule has 1 rings (SSSR count). The van der Waals surface area contributed by atoms with Gasteiger partial charge in [0.05, 0.1) is 6.42 Å². The fraction of sp³-hybridized carbons (Fsp3) is 0.273. The molecule has 80 valence electrons. The van der Waals surface area contributed by atoms with Gasteiger partial charge in [-0.3, -0.25) is 9.59 Å². The molecule has 0 heterocycles. The van der Waals surface area contributed by atoms with Gasteiger partial charge in [-0.1, -0.05) is 24.3 Å². The molecule has 4 heteroatoms. The summed E-state index contributed by atoms with van der Waals surface area (Å²) in [4.78, 5) is 21.3. The number of carbonyl (C=O) groups is 2. The lowest BCUT2D eigenvalue weighted by atomic mass is 10.0. The molecule has 2 N–H and O–H groups in total. The van der Waals surface area contributed by atoms with Crippen LogP contribution in [0.1, 0.15) is 24.2 Å². The average Bonchev–Trinajstić information content (AvgIpc) is 2.17. The third-order valence-corrected chi connectivity index (χ3v) is 2.04. The van der Waals surface area contributed by atoms with Crippen LogP contribution < -0.4 is 0 Å². The first-order valence-electron chi connectivity index (χ1n) is 4.50. The van der Waals surface area contributed by atoms with Crippen LogP contribution >= 0.6 is 0 Å². The first kappa shape index (κ1) is 11.4. The highest BCUT2D eigenvalue weighted by Crippen LogP contribution is 2.14. The molecule has 1 atom stereocenters. The summed E-state index contributed by atoms with van der Waals surface area (Å²) in [6.07, 6.45) is -1.18. The molecular formula is C11H12O4. The van der Waals surface area contributed by atoms with Crippen LogP contribution in [0.3, 0.4) is 0 Å². The number of aliphatic hydroxyl groups excluding tert-OH is 1. The van der Waals surface area contributed by atoms with Crippen LogP contribution in [0.5, 0.6) is 0 Å². The van der Waals surface area contributed by atoms with Crippen LogP contribution in [-0.4, -0.2) is 22.0 Å². The van der Waals surface area contributed by atoms with E-state index in [1.807, 2.05) is 0 Å². The SMILES string of the molecule is CC(=O)C(O)c1ccc(CC(=O)O)cc1. The maximum Gasteiger partial charge on any atom is 0.307 e. The molecule has 0 aliphatic rings. The van der Waals surface area contributed by atoms with E-state index in [2.05, 4.69) is 0 Å². The molecule has 0 saturated heterocycles. The molecule has 0 spiro atoms. The van der Waals surface area contributed by atoms with Gasteiger partial charge in [0.2, 0.25) is 0 Å². The Morgan fingerprint density at radius 3 is 2.20 bits per heavy atom. The molecule has 0 amide bonds. The van der Waals surface area contributed by atoms with Crippen LogP contribution in [0.2, 0.25) is 0 Å². The largest absolute Gasteiger partial charge is 0.481 e. The molecule has 1 aromatic carbocycles. The standard InChI is InChI=1S/C11H12O4/c1-7(12)11(15)9-4-2-8(3-5-9)6-10(13)14/h2-5,11,15H,6H2,1H3,(H,13,14). The number of aliphatic hydroxyl groups is 1. The van der Waals surface area contributed by atoms with Crippen molar-refractivity contribution < 1.29 is 19.8 Å². The Bertz CT molecular complexity index is 367. The van der Waals surface area contributed by atoms with Crippen molar-refractivity contribution in [2.24, 2.45) is 0 Å². The van der Waals surface area contributed by atoms with Crippen molar-refractivity contribution in [2.45, 2.75) is 19.4 Å². The van der Waals surface area contributed by atoms with E-state index < -0.39 is 12.1 Å². The lowest BCUT2D eigenvalue weighted by Gasteiger charge is -2.07. The fourth-order valence-electron chi connectivity index (χ4n) is 1.23. The molecular weight excluding hydrogens is 196 g/mol. The van der Waals surface area contributed by atoms with Gasteiger partial charge >= 0.3 is 5.97 Å². The van der Waals surface area contributed by atoms with Crippen molar-refractivity contribution in [1.82, 2.24) is 0 Å². The number of rotatable bonds is 4. The zero-order valence-corrected chi connectivity index (χ0v) is 8.30. The third kappa shape index (κ3) is 3.18. The summed E-state index contributed by atoms with van der Waals surface area (Å²) < 4.78 is 0. The normalized spacial score (nSPS) is 12.1. The van der Waals surface area contributed by atoms with Crippen molar-refractivity contribution >= 4 is 11.8 Å². The van der Waals surface area contributed by atoms with Crippen molar-refractivity contribution in [2.75, 3.05) is 0 Å². The van der Waals surface area contributed by atoms with Crippen molar-refractivity contribution in [3.8, 4) is 0 Å². The molecule has 0 fully saturated rings. The van der Waals surface area contributed by atoms with Crippen LogP contribution in [0.15, 0.2) is 24.3 Å². The number of carboxylic acid groups (broad SMARTS) is 1. The Kier molecular flexibility index (Phi) is 3.57. The molecule has 4 nitrogen and oxygen atoms in total. The Morgan fingerprint density at radius 2 is 1.80 bits per heavy atom. The number of aliphatic carboxylic acids is 1. The maximum atomic E-state index is 10.9. The lowest BCUT2D eigenvalue weighted by Crippen LogP contribution is -2.07. The summed E-state index contributed by atoms with van der Waals surface area (Å²) in [5.41, 5.74) is 1.12. The predicted octanol–water partition coefficient (Wildman–Crippen LogP) is 0.936. The van der Waals surface area contributed by atoms with Crippen LogP contribution in [0.25, 0.3) is 0 Å². The van der Waals surface area contributed by atoms with Gasteiger partial charge in [-0.2, -0.15) is 0 Å². The highest BCUT2D eigenvalue weighted by atomic mass is 16.4. The van der Waals surface area contributed by atoms with Crippen LogP contribution in [0, 0.1) is 0 Å². The zero-order valence-electron chi connectivity index (χ0n) is 8.30. The van der Waals surface area contributed by atoms with Gasteiger partial charge in [0.1, 0.15) is 6.10 Å². The summed E-state index contributed by atoms with van der Waals surface area (Å²) >= 11 is 0. The van der Waals surface area contributed by atoms with E-state index in [1.54, 1.807) is 24.3 Å². The number of Topliss-reactive ketones (excluding diaryl/α,β-unsaturated/α-hetero) is 1. The summed E-state index contributed by atoms with van der Waals surface area (Å²) in [5.74, 6) is -1.24. The summed E-state index contributed by atoms with van der Waals surface area (Å²) in [6, 6.07) is 6.31. The Labute approximate surface area is 87.2 Å². The predicted molar refractivity (Wildman–Crippen MR) is 53.4 cm³/mol. The molecule has 0 aliphatic carbocycles. The minimum absolute atomic E-state index is 0.0591. The fourth-order valence-corrected chi connectivity index (χ4v) is 1.23. The van der Waals surface area contributed by atoms with E-state index in [0.717, 1.165) is 0 Å². The van der Waals surface area contributed by atoms with Crippen molar-refractivity contribution in [3.05, 3.63) is 35.4 Å². The van der Waals surface area contributed by atoms with Gasteiger partial charge in [0.15, 0.2) is 5.78 Å². The monoisotopic (exact) mass is 208 g/mol. The van der Waals surface area contributed by atoms with E-state index in [9.17, 15) is 14.7 Å². The van der Waals surface area contributed by atoms with Gasteiger partial charge in [-0.05, 0) is 18.1 Å². The first-order chi connectivity index (χ1) is 7.00. The Hall–Kier alpha value is -1.68. The van der Waals surface area contributed by atoms with Crippen LogP contribution in [-0.2, 0) is 16.0 Å². The zero-order chi connectivity index (χ0) is 11.4. The molecule has 0 bridgehead atoms. The van der Waals surface area contributed by atoms with Crippen LogP contribution in [0.4, 0.5) is 0 Å². The minimum Gasteiger partial charge on any atom is -0.481 e. The van der Waals surface area contributed by atoms with E-state index in [0.29, 0.717) is 11.1 Å². The topological polar surface area (TPSA) is 74.6 Å². The smallest absolute Gasteiger partial charge is 0.307 e. The summed E-state index contributed by atoms with van der Waals surface area (Å²) in [6.45, 7) is 1.30. The summed E-state index contributed by atoms with van der Waals surface area (Å²) in [5, 5.41) is 17.9. The second kappa shape index (κ2) is 4.70. The minimum atomic E-state index is -1.12. The van der Waals surface area contributed by atoms with E-state index in [-0.39, 0.29) is 12.2 Å². The second-order valence-electron chi connectivity index (χ2n) is 3.33. The molecule has 15 heavy (non-hydrogen) atoms. The van der Waals surface area contributed by atoms with E-state index in [4.69, 9.17) is 5.11 Å². The molecule has 1 unspecified atom stereocenters. The number of hydrogen-bond acceptors (Lipinski definition) is 3. The summed E-state index contributed by atoms with van der Waals surface area (Å²) in [7, 11) is 0. The lowest BCUT2D eigenvalue weighted by molar-refractivity contribution is -0.136. The number of ketones is 1. The van der Waals surface area contributed by atoms with Gasteiger partial charge in [-0.25, -0.2) is 0 Å². The van der Waals surface area contributed by atoms with Gasteiger partial charge < -0.3 is 10.2 Å². The highest BCUT2D eigenvalue weighted by molar-refractivity contribution is 5.81. The number of carboxylic acids is 1. The third-order valence-electron chi connectivity index (χ3n) is 2.04. The van der Waals surface area contributed by atoms with Crippen molar-refractivity contribution in [3.63, 3.8) is 0 Å². The molecule has 0 aromatic heterocycles. The molecule has 0 saturated carbocycles. The van der Waals surface area contributed by atoms with Gasteiger partial charge in [-0.15, -0.1) is 0 Å². The maximum absolute atomic E-state index is 10.9. The van der Waals surface area contributed by atoms with Gasteiger partial charge in [0, 0.05) is 0 Å². The number of benzene rings is 1. The second-order valence-corrected chi connectivity index (χ2v) is 3.33. The quantitative estimate of drug-likeness (QED) is 0.772. The molecule has 1 aromatic rings.